The molecule has 88 valence electrons. The van der Waals surface area contributed by atoms with Gasteiger partial charge in [0.05, 0.1) is 18.8 Å². The number of nitrogens with two attached hydrogens (primary N) is 1. The van der Waals surface area contributed by atoms with Crippen LogP contribution in [0, 0.1) is 6.92 Å². The monoisotopic (exact) mass is 221 g/mol. The Morgan fingerprint density at radius 3 is 3.12 bits per heavy atom. The zero-order valence-corrected chi connectivity index (χ0v) is 9.89. The van der Waals surface area contributed by atoms with Crippen LogP contribution in [-0.4, -0.2) is 42.7 Å². The lowest BCUT2D eigenvalue weighted by Crippen LogP contribution is -2.46. The third-order valence-electron chi connectivity index (χ3n) is 3.23. The second kappa shape index (κ2) is 4.91. The number of aromatic nitrogens is 1. The minimum Gasteiger partial charge on any atom is -0.374 e. The van der Waals surface area contributed by atoms with Crippen LogP contribution in [-0.2, 0) is 4.74 Å². The summed E-state index contributed by atoms with van der Waals surface area (Å²) in [6, 6.07) is 2.26. The van der Waals surface area contributed by atoms with Gasteiger partial charge in [0.15, 0.2) is 0 Å². The molecule has 2 rings (SSSR count). The Hall–Kier alpha value is -0.970. The van der Waals surface area contributed by atoms with Crippen molar-refractivity contribution in [3.8, 4) is 0 Å². The molecule has 1 aromatic rings. The molecule has 1 aliphatic heterocycles. The van der Waals surface area contributed by atoms with Gasteiger partial charge in [0, 0.05) is 25.5 Å². The number of hydrogen-bond acceptors (Lipinski definition) is 4. The van der Waals surface area contributed by atoms with Crippen LogP contribution in [0.3, 0.4) is 0 Å². The highest BCUT2D eigenvalue weighted by molar-refractivity contribution is 5.26. The normalized spacial score (nSPS) is 26.9. The molecule has 0 aliphatic carbocycles. The van der Waals surface area contributed by atoms with Crippen molar-refractivity contribution in [2.45, 2.75) is 19.1 Å². The Labute approximate surface area is 96.4 Å². The fourth-order valence-electron chi connectivity index (χ4n) is 2.28. The summed E-state index contributed by atoms with van der Waals surface area (Å²) in [6.07, 6.45) is 3.81. The Morgan fingerprint density at radius 2 is 2.44 bits per heavy atom. The Balaban J connectivity index is 2.32. The average Bonchev–Trinajstić information content (AvgIpc) is 2.30. The van der Waals surface area contributed by atoms with E-state index in [1.807, 2.05) is 18.5 Å². The van der Waals surface area contributed by atoms with E-state index in [1.54, 1.807) is 0 Å². The first-order valence-electron chi connectivity index (χ1n) is 5.66. The van der Waals surface area contributed by atoms with Crippen LogP contribution in [0.1, 0.15) is 17.2 Å². The molecule has 4 nitrogen and oxygen atoms in total. The molecular weight excluding hydrogens is 202 g/mol. The first-order valence-corrected chi connectivity index (χ1v) is 5.66. The molecule has 2 N–H and O–H groups in total. The molecule has 1 aliphatic rings. The molecule has 0 saturated carbocycles. The number of ether oxygens (including phenoxy) is 1. The molecular formula is C12H19N3O. The van der Waals surface area contributed by atoms with Crippen molar-refractivity contribution >= 4 is 0 Å². The van der Waals surface area contributed by atoms with E-state index in [9.17, 15) is 0 Å². The summed E-state index contributed by atoms with van der Waals surface area (Å²) in [6.45, 7) is 4.35. The maximum atomic E-state index is 5.77. The van der Waals surface area contributed by atoms with Crippen LogP contribution < -0.4 is 5.73 Å². The van der Waals surface area contributed by atoms with Crippen LogP contribution in [0.5, 0.6) is 0 Å². The van der Waals surface area contributed by atoms with Gasteiger partial charge in [-0.15, -0.1) is 0 Å². The molecule has 2 heterocycles. The van der Waals surface area contributed by atoms with Gasteiger partial charge in [-0.05, 0) is 31.2 Å². The van der Waals surface area contributed by atoms with Gasteiger partial charge in [-0.2, -0.15) is 0 Å². The lowest BCUT2D eigenvalue weighted by Gasteiger charge is -2.39. The molecule has 1 aromatic heterocycles. The fraction of sp³-hybridized carbons (Fsp3) is 0.583. The summed E-state index contributed by atoms with van der Waals surface area (Å²) in [5.74, 6) is 0. The maximum Gasteiger partial charge on any atom is 0.0894 e. The number of pyridine rings is 1. The van der Waals surface area contributed by atoms with E-state index < -0.39 is 0 Å². The molecule has 1 fully saturated rings. The summed E-state index contributed by atoms with van der Waals surface area (Å²) in [5.41, 5.74) is 8.24. The Bertz CT molecular complexity index is 356. The lowest BCUT2D eigenvalue weighted by molar-refractivity contribution is -0.0579. The number of likely N-dealkylation sites (N-methyl/N-ethyl adjacent to an activating group) is 1. The molecule has 2 atom stereocenters. The number of morpholine rings is 1. The van der Waals surface area contributed by atoms with Crippen molar-refractivity contribution in [2.75, 3.05) is 26.7 Å². The SMILES string of the molecule is Cc1ccncc1C1C(CN)OCCN1C. The smallest absolute Gasteiger partial charge is 0.0894 e. The van der Waals surface area contributed by atoms with Gasteiger partial charge in [0.25, 0.3) is 0 Å². The number of hydrogen-bond donors (Lipinski definition) is 1. The minimum atomic E-state index is 0.0710. The third-order valence-corrected chi connectivity index (χ3v) is 3.23. The van der Waals surface area contributed by atoms with Crippen molar-refractivity contribution in [3.63, 3.8) is 0 Å². The summed E-state index contributed by atoms with van der Waals surface area (Å²) in [5, 5.41) is 0. The summed E-state index contributed by atoms with van der Waals surface area (Å²) in [4.78, 5) is 6.50. The standard InChI is InChI=1S/C12H19N3O/c1-9-3-4-14-8-10(9)12-11(7-13)16-6-5-15(12)2/h3-4,8,11-12H,5-7,13H2,1-2H3. The quantitative estimate of drug-likeness (QED) is 0.799. The van der Waals surface area contributed by atoms with Crippen LogP contribution >= 0.6 is 0 Å². The molecule has 0 radical (unpaired) electrons. The van der Waals surface area contributed by atoms with Crippen molar-refractivity contribution in [2.24, 2.45) is 5.73 Å². The zero-order chi connectivity index (χ0) is 11.5. The zero-order valence-electron chi connectivity index (χ0n) is 9.89. The average molecular weight is 221 g/mol. The lowest BCUT2D eigenvalue weighted by atomic mass is 9.96. The van der Waals surface area contributed by atoms with E-state index in [4.69, 9.17) is 10.5 Å². The number of aryl methyl sites for hydroxylation is 1. The van der Waals surface area contributed by atoms with E-state index in [0.29, 0.717) is 6.54 Å². The predicted molar refractivity (Wildman–Crippen MR) is 63.1 cm³/mol. The summed E-state index contributed by atoms with van der Waals surface area (Å²) < 4.78 is 5.73. The number of nitrogens with zero attached hydrogens (tertiary/aromatic N) is 2. The highest BCUT2D eigenvalue weighted by atomic mass is 16.5. The number of rotatable bonds is 2. The van der Waals surface area contributed by atoms with Crippen molar-refractivity contribution in [1.29, 1.82) is 0 Å². The van der Waals surface area contributed by atoms with Gasteiger partial charge in [0.1, 0.15) is 0 Å². The first kappa shape index (κ1) is 11.5. The van der Waals surface area contributed by atoms with Gasteiger partial charge in [-0.25, -0.2) is 0 Å². The Morgan fingerprint density at radius 1 is 1.62 bits per heavy atom. The summed E-state index contributed by atoms with van der Waals surface area (Å²) in [7, 11) is 2.11. The van der Waals surface area contributed by atoms with E-state index in [-0.39, 0.29) is 12.1 Å². The highest BCUT2D eigenvalue weighted by Crippen LogP contribution is 2.29. The fourth-order valence-corrected chi connectivity index (χ4v) is 2.28. The molecule has 4 heteroatoms. The van der Waals surface area contributed by atoms with E-state index >= 15 is 0 Å². The minimum absolute atomic E-state index is 0.0710. The molecule has 0 aromatic carbocycles. The molecule has 1 saturated heterocycles. The topological polar surface area (TPSA) is 51.4 Å². The van der Waals surface area contributed by atoms with Crippen LogP contribution in [0.25, 0.3) is 0 Å². The maximum absolute atomic E-state index is 5.77. The Kier molecular flexibility index (Phi) is 3.53. The van der Waals surface area contributed by atoms with Crippen LogP contribution in [0.15, 0.2) is 18.5 Å². The predicted octanol–water partition coefficient (Wildman–Crippen LogP) is 0.720. The van der Waals surface area contributed by atoms with Crippen molar-refractivity contribution < 1.29 is 4.74 Å². The highest BCUT2D eigenvalue weighted by Gasteiger charge is 2.31. The second-order valence-electron chi connectivity index (χ2n) is 4.30. The van der Waals surface area contributed by atoms with Gasteiger partial charge >= 0.3 is 0 Å². The molecule has 0 amide bonds. The first-order chi connectivity index (χ1) is 7.74. The van der Waals surface area contributed by atoms with Gasteiger partial charge in [-0.1, -0.05) is 0 Å². The molecule has 0 spiro atoms. The van der Waals surface area contributed by atoms with E-state index in [2.05, 4.69) is 23.9 Å². The molecule has 0 bridgehead atoms. The molecule has 16 heavy (non-hydrogen) atoms. The van der Waals surface area contributed by atoms with E-state index in [1.165, 1.54) is 11.1 Å². The van der Waals surface area contributed by atoms with Gasteiger partial charge < -0.3 is 10.5 Å². The van der Waals surface area contributed by atoms with Gasteiger partial charge in [-0.3, -0.25) is 9.88 Å². The van der Waals surface area contributed by atoms with Gasteiger partial charge in [0.2, 0.25) is 0 Å². The van der Waals surface area contributed by atoms with Crippen molar-refractivity contribution in [1.82, 2.24) is 9.88 Å². The third kappa shape index (κ3) is 2.09. The second-order valence-corrected chi connectivity index (χ2v) is 4.30. The van der Waals surface area contributed by atoms with Crippen LogP contribution in [0.4, 0.5) is 0 Å². The van der Waals surface area contributed by atoms with Crippen LogP contribution in [0.2, 0.25) is 0 Å². The van der Waals surface area contributed by atoms with E-state index in [0.717, 1.165) is 13.2 Å². The largest absolute Gasteiger partial charge is 0.374 e. The molecule has 2 unspecified atom stereocenters. The van der Waals surface area contributed by atoms with Crippen molar-refractivity contribution in [3.05, 3.63) is 29.6 Å². The summed E-state index contributed by atoms with van der Waals surface area (Å²) >= 11 is 0.